The number of ether oxygens (including phenoxy) is 1. The predicted molar refractivity (Wildman–Crippen MR) is 90.6 cm³/mol. The minimum atomic E-state index is 0.697. The summed E-state index contributed by atoms with van der Waals surface area (Å²) in [5.74, 6) is 0. The molecule has 0 spiro atoms. The first kappa shape index (κ1) is 16.7. The van der Waals surface area contributed by atoms with Crippen LogP contribution in [0.1, 0.15) is 5.56 Å². The number of nitrogens with one attached hydrogen (secondary N) is 1. The first-order valence-electron chi connectivity index (χ1n) is 6.60. The van der Waals surface area contributed by atoms with Crippen LogP contribution in [0, 0.1) is 0 Å². The smallest absolute Gasteiger partial charge is 0.0587 e. The number of halogens is 2. The van der Waals surface area contributed by atoms with Crippen LogP contribution >= 0.6 is 35.0 Å². The number of hydrogen-bond acceptors (Lipinski definition) is 3. The summed E-state index contributed by atoms with van der Waals surface area (Å²) in [6.45, 7) is 2.25. The monoisotopic (exact) mass is 341 g/mol. The fourth-order valence-corrected chi connectivity index (χ4v) is 3.07. The lowest BCUT2D eigenvalue weighted by molar-refractivity contribution is 0.199. The van der Waals surface area contributed by atoms with Gasteiger partial charge < -0.3 is 10.1 Å². The van der Waals surface area contributed by atoms with Crippen molar-refractivity contribution >= 4 is 35.0 Å². The summed E-state index contributed by atoms with van der Waals surface area (Å²) >= 11 is 13.9. The van der Waals surface area contributed by atoms with Crippen molar-refractivity contribution in [2.24, 2.45) is 0 Å². The Hall–Kier alpha value is -0.710. The van der Waals surface area contributed by atoms with Gasteiger partial charge >= 0.3 is 0 Å². The first-order valence-corrected chi connectivity index (χ1v) is 8.18. The van der Waals surface area contributed by atoms with Crippen molar-refractivity contribution in [3.05, 3.63) is 58.1 Å². The van der Waals surface area contributed by atoms with Crippen LogP contribution in [-0.2, 0) is 11.3 Å². The molecule has 0 radical (unpaired) electrons. The molecule has 21 heavy (non-hydrogen) atoms. The van der Waals surface area contributed by atoms with Crippen LogP contribution in [0.5, 0.6) is 0 Å². The molecule has 5 heteroatoms. The Balaban J connectivity index is 1.96. The van der Waals surface area contributed by atoms with Gasteiger partial charge in [-0.25, -0.2) is 0 Å². The molecule has 0 aliphatic rings. The van der Waals surface area contributed by atoms with Gasteiger partial charge in [0, 0.05) is 40.0 Å². The van der Waals surface area contributed by atoms with Gasteiger partial charge in [-0.15, -0.1) is 0 Å². The zero-order chi connectivity index (χ0) is 15.1. The Morgan fingerprint density at radius 1 is 1.05 bits per heavy atom. The Morgan fingerprint density at radius 3 is 2.43 bits per heavy atom. The molecule has 0 fully saturated rings. The van der Waals surface area contributed by atoms with Gasteiger partial charge in [0.2, 0.25) is 0 Å². The molecule has 2 aromatic carbocycles. The van der Waals surface area contributed by atoms with E-state index in [9.17, 15) is 0 Å². The summed E-state index contributed by atoms with van der Waals surface area (Å²) in [7, 11) is 1.69. The summed E-state index contributed by atoms with van der Waals surface area (Å²) in [6.07, 6.45) is 0. The van der Waals surface area contributed by atoms with Gasteiger partial charge in [0.1, 0.15) is 0 Å². The van der Waals surface area contributed by atoms with Crippen LogP contribution in [0.4, 0.5) is 0 Å². The van der Waals surface area contributed by atoms with E-state index >= 15 is 0 Å². The maximum absolute atomic E-state index is 6.33. The highest BCUT2D eigenvalue weighted by Crippen LogP contribution is 2.31. The molecule has 0 atom stereocenters. The van der Waals surface area contributed by atoms with E-state index in [0.29, 0.717) is 6.61 Å². The van der Waals surface area contributed by atoms with E-state index in [1.807, 2.05) is 30.3 Å². The van der Waals surface area contributed by atoms with Crippen LogP contribution in [0.25, 0.3) is 0 Å². The van der Waals surface area contributed by atoms with Crippen LogP contribution in [0.15, 0.2) is 52.3 Å². The highest BCUT2D eigenvalue weighted by Gasteiger charge is 2.04. The minimum absolute atomic E-state index is 0.697. The summed E-state index contributed by atoms with van der Waals surface area (Å²) in [5.41, 5.74) is 1.09. The third-order valence-electron chi connectivity index (χ3n) is 2.87. The molecule has 112 valence electrons. The van der Waals surface area contributed by atoms with Gasteiger partial charge in [0.15, 0.2) is 0 Å². The standard InChI is InChI=1S/C16H17Cl2NOS/c1-20-9-8-19-11-12-2-5-15(10-16(12)18)21-14-6-3-13(17)4-7-14/h2-7,10,19H,8-9,11H2,1H3. The van der Waals surface area contributed by atoms with Crippen LogP contribution in [0.2, 0.25) is 10.0 Å². The molecule has 0 bridgehead atoms. The molecular formula is C16H17Cl2NOS. The summed E-state index contributed by atoms with van der Waals surface area (Å²) in [4.78, 5) is 2.25. The second-order valence-corrected chi connectivity index (χ2v) is 6.47. The van der Waals surface area contributed by atoms with Crippen LogP contribution < -0.4 is 5.32 Å². The van der Waals surface area contributed by atoms with Crippen molar-refractivity contribution in [2.75, 3.05) is 20.3 Å². The zero-order valence-corrected chi connectivity index (χ0v) is 14.1. The average molecular weight is 342 g/mol. The number of rotatable bonds is 7. The Kier molecular flexibility index (Phi) is 6.87. The van der Waals surface area contributed by atoms with Crippen molar-refractivity contribution in [1.29, 1.82) is 0 Å². The van der Waals surface area contributed by atoms with Gasteiger partial charge in [0.25, 0.3) is 0 Å². The maximum Gasteiger partial charge on any atom is 0.0587 e. The van der Waals surface area contributed by atoms with Gasteiger partial charge in [-0.3, -0.25) is 0 Å². The molecule has 0 aliphatic carbocycles. The fraction of sp³-hybridized carbons (Fsp3) is 0.250. The van der Waals surface area contributed by atoms with Gasteiger partial charge in [-0.1, -0.05) is 41.0 Å². The van der Waals surface area contributed by atoms with Crippen molar-refractivity contribution in [3.8, 4) is 0 Å². The normalized spacial score (nSPS) is 10.8. The summed E-state index contributed by atoms with van der Waals surface area (Å²) < 4.78 is 5.00. The van der Waals surface area contributed by atoms with E-state index in [4.69, 9.17) is 27.9 Å². The Bertz CT molecular complexity index is 575. The summed E-state index contributed by atoms with van der Waals surface area (Å²) in [5, 5.41) is 4.81. The SMILES string of the molecule is COCCNCc1ccc(Sc2ccc(Cl)cc2)cc1Cl. The topological polar surface area (TPSA) is 21.3 Å². The van der Waals surface area contributed by atoms with Crippen LogP contribution in [-0.4, -0.2) is 20.3 Å². The molecule has 2 rings (SSSR count). The van der Waals surface area contributed by atoms with Crippen molar-refractivity contribution in [2.45, 2.75) is 16.3 Å². The molecule has 0 aromatic heterocycles. The van der Waals surface area contributed by atoms with Gasteiger partial charge in [0.05, 0.1) is 6.61 Å². The molecule has 1 N–H and O–H groups in total. The van der Waals surface area contributed by atoms with E-state index < -0.39 is 0 Å². The van der Waals surface area contributed by atoms with E-state index in [2.05, 4.69) is 17.4 Å². The predicted octanol–water partition coefficient (Wildman–Crippen LogP) is 4.88. The molecule has 0 heterocycles. The second kappa shape index (κ2) is 8.66. The highest BCUT2D eigenvalue weighted by molar-refractivity contribution is 7.99. The Labute approximate surface area is 139 Å². The zero-order valence-electron chi connectivity index (χ0n) is 11.7. The highest BCUT2D eigenvalue weighted by atomic mass is 35.5. The average Bonchev–Trinajstić information content (AvgIpc) is 2.48. The second-order valence-electron chi connectivity index (χ2n) is 4.48. The maximum atomic E-state index is 6.33. The van der Waals surface area contributed by atoms with Crippen LogP contribution in [0.3, 0.4) is 0 Å². The number of hydrogen-bond donors (Lipinski definition) is 1. The quantitative estimate of drug-likeness (QED) is 0.725. The molecule has 2 nitrogen and oxygen atoms in total. The molecule has 0 amide bonds. The first-order chi connectivity index (χ1) is 10.2. The molecule has 2 aromatic rings. The van der Waals surface area contributed by atoms with Crippen molar-refractivity contribution in [1.82, 2.24) is 5.32 Å². The molecular weight excluding hydrogens is 325 g/mol. The summed E-state index contributed by atoms with van der Waals surface area (Å²) in [6, 6.07) is 13.9. The molecule has 0 saturated carbocycles. The number of methoxy groups -OCH3 is 1. The van der Waals surface area contributed by atoms with Crippen molar-refractivity contribution in [3.63, 3.8) is 0 Å². The lowest BCUT2D eigenvalue weighted by Crippen LogP contribution is -2.18. The van der Waals surface area contributed by atoms with Gasteiger partial charge in [-0.05, 0) is 42.0 Å². The van der Waals surface area contributed by atoms with Gasteiger partial charge in [-0.2, -0.15) is 0 Å². The van der Waals surface area contributed by atoms with E-state index in [1.165, 1.54) is 0 Å². The van der Waals surface area contributed by atoms with E-state index in [1.54, 1.807) is 18.9 Å². The third-order valence-corrected chi connectivity index (χ3v) is 4.47. The van der Waals surface area contributed by atoms with E-state index in [-0.39, 0.29) is 0 Å². The van der Waals surface area contributed by atoms with E-state index in [0.717, 1.165) is 38.5 Å². The largest absolute Gasteiger partial charge is 0.383 e. The Morgan fingerprint density at radius 2 is 1.76 bits per heavy atom. The molecule has 0 saturated heterocycles. The third kappa shape index (κ3) is 5.53. The van der Waals surface area contributed by atoms with Crippen molar-refractivity contribution < 1.29 is 4.74 Å². The lowest BCUT2D eigenvalue weighted by atomic mass is 10.2. The fourth-order valence-electron chi connectivity index (χ4n) is 1.77. The number of benzene rings is 2. The molecule has 0 unspecified atom stereocenters. The minimum Gasteiger partial charge on any atom is -0.383 e. The lowest BCUT2D eigenvalue weighted by Gasteiger charge is -2.08. The molecule has 0 aliphatic heterocycles.